The number of benzene rings is 1. The van der Waals surface area contributed by atoms with Gasteiger partial charge in [-0.3, -0.25) is 0 Å². The molecule has 1 amide bonds. The monoisotopic (exact) mass is 353 g/mol. The minimum absolute atomic E-state index is 0.165. The van der Waals surface area contributed by atoms with Gasteiger partial charge in [-0.1, -0.05) is 6.07 Å². The van der Waals surface area contributed by atoms with Crippen molar-refractivity contribution in [3.05, 3.63) is 42.1 Å². The smallest absolute Gasteiger partial charge is 0.410 e. The molecular formula is C20H23N3O3. The first-order chi connectivity index (χ1) is 12.4. The number of carbonyl (C=O) groups is 1. The largest absolute Gasteiger partial charge is 0.444 e. The van der Waals surface area contributed by atoms with E-state index in [0.29, 0.717) is 19.7 Å². The zero-order valence-electron chi connectivity index (χ0n) is 15.3. The van der Waals surface area contributed by atoms with Crippen molar-refractivity contribution in [3.8, 4) is 0 Å². The number of nitrogens with one attached hydrogen (secondary N) is 1. The van der Waals surface area contributed by atoms with Crippen molar-refractivity contribution in [2.45, 2.75) is 32.5 Å². The lowest BCUT2D eigenvalue weighted by molar-refractivity contribution is -0.0432. The van der Waals surface area contributed by atoms with Gasteiger partial charge in [0.05, 0.1) is 13.2 Å². The molecule has 0 spiro atoms. The molecule has 0 radical (unpaired) electrons. The fourth-order valence-corrected chi connectivity index (χ4v) is 3.29. The van der Waals surface area contributed by atoms with Crippen LogP contribution in [0.5, 0.6) is 0 Å². The summed E-state index contributed by atoms with van der Waals surface area (Å²) in [6.07, 6.45) is 1.33. The molecule has 0 aliphatic carbocycles. The predicted molar refractivity (Wildman–Crippen MR) is 100 cm³/mol. The average molecular weight is 353 g/mol. The summed E-state index contributed by atoms with van der Waals surface area (Å²) in [6.45, 7) is 7.16. The maximum Gasteiger partial charge on any atom is 0.410 e. The molecule has 6 nitrogen and oxygen atoms in total. The SMILES string of the molecule is CC(C)(C)OC(=O)N1CCOC(c2ccc3[nH]c4ncccc4c3c2)C1. The zero-order valence-corrected chi connectivity index (χ0v) is 15.3. The molecule has 1 fully saturated rings. The summed E-state index contributed by atoms with van der Waals surface area (Å²) in [5, 5.41) is 2.20. The maximum atomic E-state index is 12.4. The highest BCUT2D eigenvalue weighted by Gasteiger charge is 2.29. The quantitative estimate of drug-likeness (QED) is 0.717. The number of fused-ring (bicyclic) bond motifs is 3. The molecule has 2 aromatic heterocycles. The van der Waals surface area contributed by atoms with Crippen molar-refractivity contribution >= 4 is 28.0 Å². The van der Waals surface area contributed by atoms with Gasteiger partial charge < -0.3 is 19.4 Å². The normalized spacial score (nSPS) is 18.4. The van der Waals surface area contributed by atoms with E-state index in [1.165, 1.54) is 0 Å². The first-order valence-corrected chi connectivity index (χ1v) is 8.86. The topological polar surface area (TPSA) is 67.4 Å². The highest BCUT2D eigenvalue weighted by atomic mass is 16.6. The van der Waals surface area contributed by atoms with Crippen LogP contribution in [-0.2, 0) is 9.47 Å². The van der Waals surface area contributed by atoms with E-state index in [4.69, 9.17) is 9.47 Å². The zero-order chi connectivity index (χ0) is 18.3. The molecule has 6 heteroatoms. The summed E-state index contributed by atoms with van der Waals surface area (Å²) in [6, 6.07) is 10.2. The summed E-state index contributed by atoms with van der Waals surface area (Å²) in [4.78, 5) is 21.8. The van der Waals surface area contributed by atoms with Gasteiger partial charge in [-0.15, -0.1) is 0 Å². The highest BCUT2D eigenvalue weighted by Crippen LogP contribution is 2.30. The molecule has 0 bridgehead atoms. The summed E-state index contributed by atoms with van der Waals surface area (Å²) in [5.41, 5.74) is 2.47. The lowest BCUT2D eigenvalue weighted by Crippen LogP contribution is -2.44. The van der Waals surface area contributed by atoms with Crippen LogP contribution in [-0.4, -0.2) is 46.3 Å². The van der Waals surface area contributed by atoms with E-state index in [0.717, 1.165) is 27.5 Å². The van der Waals surface area contributed by atoms with E-state index < -0.39 is 5.60 Å². The highest BCUT2D eigenvalue weighted by molar-refractivity contribution is 6.05. The molecule has 3 heterocycles. The van der Waals surface area contributed by atoms with Gasteiger partial charge in [0.2, 0.25) is 0 Å². The Labute approximate surface area is 152 Å². The number of H-pyrrole nitrogens is 1. The molecule has 1 saturated heterocycles. The Hall–Kier alpha value is -2.60. The third-order valence-electron chi connectivity index (χ3n) is 4.48. The minimum atomic E-state index is -0.499. The van der Waals surface area contributed by atoms with Crippen LogP contribution in [0.1, 0.15) is 32.4 Å². The molecule has 3 aromatic rings. The number of carbonyl (C=O) groups excluding carboxylic acids is 1. The summed E-state index contributed by atoms with van der Waals surface area (Å²) in [7, 11) is 0. The number of ether oxygens (including phenoxy) is 2. The Morgan fingerprint density at radius 3 is 2.96 bits per heavy atom. The van der Waals surface area contributed by atoms with E-state index in [9.17, 15) is 4.79 Å². The Balaban J connectivity index is 1.60. The van der Waals surface area contributed by atoms with Crippen molar-refractivity contribution in [2.24, 2.45) is 0 Å². The van der Waals surface area contributed by atoms with Crippen LogP contribution in [0.4, 0.5) is 4.79 Å². The van der Waals surface area contributed by atoms with Crippen molar-refractivity contribution in [1.82, 2.24) is 14.9 Å². The number of hydrogen-bond donors (Lipinski definition) is 1. The van der Waals surface area contributed by atoms with E-state index in [1.807, 2.05) is 39.0 Å². The molecule has 136 valence electrons. The number of nitrogens with zero attached hydrogens (tertiary/aromatic N) is 2. The number of hydrogen-bond acceptors (Lipinski definition) is 4. The number of aromatic amines is 1. The Kier molecular flexibility index (Phi) is 4.07. The van der Waals surface area contributed by atoms with Crippen molar-refractivity contribution < 1.29 is 14.3 Å². The van der Waals surface area contributed by atoms with Gasteiger partial charge in [-0.2, -0.15) is 0 Å². The van der Waals surface area contributed by atoms with E-state index in [-0.39, 0.29) is 12.2 Å². The van der Waals surface area contributed by atoms with Crippen LogP contribution in [0.2, 0.25) is 0 Å². The van der Waals surface area contributed by atoms with Gasteiger partial charge in [0.1, 0.15) is 17.4 Å². The number of morpholine rings is 1. The number of aromatic nitrogens is 2. The van der Waals surface area contributed by atoms with Gasteiger partial charge in [-0.05, 0) is 50.6 Å². The maximum absolute atomic E-state index is 12.4. The number of rotatable bonds is 1. The third kappa shape index (κ3) is 3.24. The van der Waals surface area contributed by atoms with Crippen LogP contribution >= 0.6 is 0 Å². The summed E-state index contributed by atoms with van der Waals surface area (Å²) in [5.74, 6) is 0. The fourth-order valence-electron chi connectivity index (χ4n) is 3.29. The Bertz CT molecular complexity index is 958. The summed E-state index contributed by atoms with van der Waals surface area (Å²) < 4.78 is 11.4. The second kappa shape index (κ2) is 6.29. The molecule has 1 unspecified atom stereocenters. The number of pyridine rings is 1. The third-order valence-corrected chi connectivity index (χ3v) is 4.48. The first-order valence-electron chi connectivity index (χ1n) is 8.86. The van der Waals surface area contributed by atoms with Crippen molar-refractivity contribution in [1.29, 1.82) is 0 Å². The summed E-state index contributed by atoms with van der Waals surface area (Å²) >= 11 is 0. The van der Waals surface area contributed by atoms with Crippen LogP contribution in [0.15, 0.2) is 36.5 Å². The van der Waals surface area contributed by atoms with Gasteiger partial charge in [-0.25, -0.2) is 9.78 Å². The molecule has 1 N–H and O–H groups in total. The average Bonchev–Trinajstić information content (AvgIpc) is 2.98. The van der Waals surface area contributed by atoms with Crippen molar-refractivity contribution in [2.75, 3.05) is 19.7 Å². The first kappa shape index (κ1) is 16.8. The molecule has 26 heavy (non-hydrogen) atoms. The van der Waals surface area contributed by atoms with E-state index >= 15 is 0 Å². The lowest BCUT2D eigenvalue weighted by atomic mass is 10.0. The van der Waals surface area contributed by atoms with Gasteiger partial charge in [0.15, 0.2) is 0 Å². The van der Waals surface area contributed by atoms with Crippen LogP contribution in [0, 0.1) is 0 Å². The molecule has 0 saturated carbocycles. The van der Waals surface area contributed by atoms with Gasteiger partial charge in [0, 0.05) is 29.0 Å². The Morgan fingerprint density at radius 1 is 1.31 bits per heavy atom. The predicted octanol–water partition coefficient (Wildman–Crippen LogP) is 4.02. The molecule has 4 rings (SSSR count). The molecule has 1 aliphatic rings. The molecule has 1 aliphatic heterocycles. The van der Waals surface area contributed by atoms with Gasteiger partial charge >= 0.3 is 6.09 Å². The van der Waals surface area contributed by atoms with Crippen LogP contribution in [0.3, 0.4) is 0 Å². The fraction of sp³-hybridized carbons (Fsp3) is 0.400. The minimum Gasteiger partial charge on any atom is -0.444 e. The van der Waals surface area contributed by atoms with Crippen molar-refractivity contribution in [3.63, 3.8) is 0 Å². The molecule has 1 atom stereocenters. The standard InChI is InChI=1S/C20H23N3O3/c1-20(2,3)26-19(24)23-9-10-25-17(12-23)13-6-7-16-15(11-13)14-5-4-8-21-18(14)22-16/h4-8,11,17H,9-10,12H2,1-3H3,(H,21,22). The number of amides is 1. The second-order valence-corrected chi connectivity index (χ2v) is 7.62. The van der Waals surface area contributed by atoms with Crippen LogP contribution < -0.4 is 0 Å². The van der Waals surface area contributed by atoms with Crippen LogP contribution in [0.25, 0.3) is 21.9 Å². The van der Waals surface area contributed by atoms with E-state index in [1.54, 1.807) is 11.1 Å². The Morgan fingerprint density at radius 2 is 2.15 bits per heavy atom. The van der Waals surface area contributed by atoms with Gasteiger partial charge in [0.25, 0.3) is 0 Å². The molecule has 1 aromatic carbocycles. The molecular weight excluding hydrogens is 330 g/mol. The second-order valence-electron chi connectivity index (χ2n) is 7.62. The lowest BCUT2D eigenvalue weighted by Gasteiger charge is -2.34. The van der Waals surface area contributed by atoms with E-state index in [2.05, 4.69) is 22.1 Å².